The molecular formula is C16H11ClFN3OS. The van der Waals surface area contributed by atoms with Crippen molar-refractivity contribution in [3.8, 4) is 10.6 Å². The maximum Gasteiger partial charge on any atom is 0.230 e. The average molecular weight is 348 g/mol. The number of rotatable bonds is 4. The van der Waals surface area contributed by atoms with Gasteiger partial charge >= 0.3 is 0 Å². The predicted octanol–water partition coefficient (Wildman–Crippen LogP) is 4.18. The molecule has 0 saturated heterocycles. The molecule has 2 aromatic carbocycles. The van der Waals surface area contributed by atoms with Crippen molar-refractivity contribution in [1.82, 2.24) is 10.2 Å². The van der Waals surface area contributed by atoms with Crippen molar-refractivity contribution in [2.45, 2.75) is 6.42 Å². The van der Waals surface area contributed by atoms with E-state index in [-0.39, 0.29) is 18.1 Å². The minimum absolute atomic E-state index is 0.149. The second-order valence-electron chi connectivity index (χ2n) is 4.77. The van der Waals surface area contributed by atoms with E-state index in [1.54, 1.807) is 24.3 Å². The molecule has 0 aliphatic carbocycles. The van der Waals surface area contributed by atoms with E-state index in [4.69, 9.17) is 11.6 Å². The van der Waals surface area contributed by atoms with Crippen molar-refractivity contribution in [3.63, 3.8) is 0 Å². The lowest BCUT2D eigenvalue weighted by Crippen LogP contribution is -2.14. The molecule has 0 saturated carbocycles. The van der Waals surface area contributed by atoms with Gasteiger partial charge in [-0.3, -0.25) is 4.79 Å². The largest absolute Gasteiger partial charge is 0.300 e. The lowest BCUT2D eigenvalue weighted by molar-refractivity contribution is -0.115. The standard InChI is InChI=1S/C16H11ClFN3OS/c17-12-5-3-11(4-6-12)15-20-21-16(23-15)19-14(22)9-10-1-7-13(18)8-2-10/h1-8H,9H2,(H,19,21,22). The highest BCUT2D eigenvalue weighted by atomic mass is 35.5. The van der Waals surface area contributed by atoms with Gasteiger partial charge in [0.1, 0.15) is 10.8 Å². The predicted molar refractivity (Wildman–Crippen MR) is 89.1 cm³/mol. The van der Waals surface area contributed by atoms with Gasteiger partial charge in [0.25, 0.3) is 0 Å². The zero-order chi connectivity index (χ0) is 16.2. The molecule has 116 valence electrons. The number of halogens is 2. The smallest absolute Gasteiger partial charge is 0.230 e. The van der Waals surface area contributed by atoms with Crippen LogP contribution >= 0.6 is 22.9 Å². The van der Waals surface area contributed by atoms with Gasteiger partial charge in [0.05, 0.1) is 6.42 Å². The molecule has 1 aromatic heterocycles. The summed E-state index contributed by atoms with van der Waals surface area (Å²) in [5.41, 5.74) is 1.61. The Morgan fingerprint density at radius 1 is 1.09 bits per heavy atom. The van der Waals surface area contributed by atoms with E-state index in [0.29, 0.717) is 15.2 Å². The molecule has 23 heavy (non-hydrogen) atoms. The fourth-order valence-electron chi connectivity index (χ4n) is 1.93. The van der Waals surface area contributed by atoms with E-state index in [0.717, 1.165) is 11.1 Å². The van der Waals surface area contributed by atoms with Crippen LogP contribution in [0.2, 0.25) is 5.02 Å². The van der Waals surface area contributed by atoms with Gasteiger partial charge in [-0.05, 0) is 29.8 Å². The van der Waals surface area contributed by atoms with Crippen LogP contribution in [-0.4, -0.2) is 16.1 Å². The van der Waals surface area contributed by atoms with Crippen molar-refractivity contribution in [2.75, 3.05) is 5.32 Å². The molecule has 0 unspecified atom stereocenters. The van der Waals surface area contributed by atoms with Gasteiger partial charge in [-0.1, -0.05) is 47.2 Å². The van der Waals surface area contributed by atoms with Gasteiger partial charge in [0.2, 0.25) is 11.0 Å². The first kappa shape index (κ1) is 15.6. The molecule has 0 spiro atoms. The van der Waals surface area contributed by atoms with Crippen LogP contribution in [0.4, 0.5) is 9.52 Å². The van der Waals surface area contributed by atoms with E-state index in [2.05, 4.69) is 15.5 Å². The Labute approximate surface area is 141 Å². The first-order chi connectivity index (χ1) is 11.1. The van der Waals surface area contributed by atoms with Crippen molar-refractivity contribution >= 4 is 34.0 Å². The second kappa shape index (κ2) is 6.85. The van der Waals surface area contributed by atoms with Gasteiger partial charge in [0.15, 0.2) is 0 Å². The summed E-state index contributed by atoms with van der Waals surface area (Å²) >= 11 is 7.12. The fraction of sp³-hybridized carbons (Fsp3) is 0.0625. The van der Waals surface area contributed by atoms with Crippen LogP contribution in [0.25, 0.3) is 10.6 Å². The third-order valence-electron chi connectivity index (χ3n) is 3.04. The Morgan fingerprint density at radius 3 is 2.48 bits per heavy atom. The molecule has 0 aliphatic rings. The average Bonchev–Trinajstić information content (AvgIpc) is 2.98. The lowest BCUT2D eigenvalue weighted by atomic mass is 10.1. The molecule has 0 atom stereocenters. The number of nitrogens with zero attached hydrogens (tertiary/aromatic N) is 2. The molecule has 3 rings (SSSR count). The van der Waals surface area contributed by atoms with E-state index in [1.165, 1.54) is 23.5 Å². The van der Waals surface area contributed by atoms with Crippen molar-refractivity contribution in [2.24, 2.45) is 0 Å². The number of anilines is 1. The van der Waals surface area contributed by atoms with Crippen LogP contribution in [0.5, 0.6) is 0 Å². The minimum atomic E-state index is -0.328. The molecular weight excluding hydrogens is 337 g/mol. The summed E-state index contributed by atoms with van der Waals surface area (Å²) in [6.45, 7) is 0. The summed E-state index contributed by atoms with van der Waals surface area (Å²) < 4.78 is 12.8. The summed E-state index contributed by atoms with van der Waals surface area (Å²) in [6.07, 6.45) is 0.149. The Balaban J connectivity index is 1.65. The van der Waals surface area contributed by atoms with Gasteiger partial charge in [-0.15, -0.1) is 10.2 Å². The Bertz CT molecular complexity index is 818. The van der Waals surface area contributed by atoms with Gasteiger partial charge in [-0.2, -0.15) is 0 Å². The van der Waals surface area contributed by atoms with Crippen LogP contribution in [-0.2, 0) is 11.2 Å². The van der Waals surface area contributed by atoms with Crippen molar-refractivity contribution in [3.05, 3.63) is 64.9 Å². The lowest BCUT2D eigenvalue weighted by Gasteiger charge is -2.01. The highest BCUT2D eigenvalue weighted by molar-refractivity contribution is 7.18. The summed E-state index contributed by atoms with van der Waals surface area (Å²) in [5.74, 6) is -0.554. The number of nitrogens with one attached hydrogen (secondary N) is 1. The topological polar surface area (TPSA) is 54.9 Å². The number of carbonyl (C=O) groups excluding carboxylic acids is 1. The number of carbonyl (C=O) groups is 1. The van der Waals surface area contributed by atoms with Gasteiger partial charge in [0, 0.05) is 10.6 Å². The minimum Gasteiger partial charge on any atom is -0.300 e. The molecule has 0 fully saturated rings. The maximum atomic E-state index is 12.8. The normalized spacial score (nSPS) is 10.5. The number of benzene rings is 2. The monoisotopic (exact) mass is 347 g/mol. The summed E-state index contributed by atoms with van der Waals surface area (Å²) in [5, 5.41) is 12.5. The summed E-state index contributed by atoms with van der Waals surface area (Å²) in [4.78, 5) is 12.0. The third kappa shape index (κ3) is 4.12. The molecule has 0 aliphatic heterocycles. The summed E-state index contributed by atoms with van der Waals surface area (Å²) in [7, 11) is 0. The molecule has 1 heterocycles. The first-order valence-electron chi connectivity index (χ1n) is 6.74. The first-order valence-corrected chi connectivity index (χ1v) is 7.93. The fourth-order valence-corrected chi connectivity index (χ4v) is 2.83. The molecule has 3 aromatic rings. The van der Waals surface area contributed by atoms with E-state index in [1.807, 2.05) is 12.1 Å². The summed E-state index contributed by atoms with van der Waals surface area (Å²) in [6, 6.07) is 13.0. The maximum absolute atomic E-state index is 12.8. The Hall–Kier alpha value is -2.31. The van der Waals surface area contributed by atoms with Crippen LogP contribution in [0.15, 0.2) is 48.5 Å². The van der Waals surface area contributed by atoms with E-state index < -0.39 is 0 Å². The van der Waals surface area contributed by atoms with Crippen LogP contribution in [0.3, 0.4) is 0 Å². The van der Waals surface area contributed by atoms with Crippen LogP contribution in [0, 0.1) is 5.82 Å². The SMILES string of the molecule is O=C(Cc1ccc(F)cc1)Nc1nnc(-c2ccc(Cl)cc2)s1. The quantitative estimate of drug-likeness (QED) is 0.770. The zero-order valence-electron chi connectivity index (χ0n) is 11.8. The second-order valence-corrected chi connectivity index (χ2v) is 6.18. The zero-order valence-corrected chi connectivity index (χ0v) is 13.4. The molecule has 1 amide bonds. The highest BCUT2D eigenvalue weighted by Gasteiger charge is 2.10. The van der Waals surface area contributed by atoms with Gasteiger partial charge < -0.3 is 5.32 Å². The Morgan fingerprint density at radius 2 is 1.78 bits per heavy atom. The number of hydrogen-bond acceptors (Lipinski definition) is 4. The van der Waals surface area contributed by atoms with Crippen LogP contribution in [0.1, 0.15) is 5.56 Å². The molecule has 1 N–H and O–H groups in total. The third-order valence-corrected chi connectivity index (χ3v) is 4.18. The van der Waals surface area contributed by atoms with E-state index in [9.17, 15) is 9.18 Å². The van der Waals surface area contributed by atoms with Crippen molar-refractivity contribution in [1.29, 1.82) is 0 Å². The van der Waals surface area contributed by atoms with Crippen LogP contribution < -0.4 is 5.32 Å². The number of hydrogen-bond donors (Lipinski definition) is 1. The number of amides is 1. The van der Waals surface area contributed by atoms with Gasteiger partial charge in [-0.25, -0.2) is 4.39 Å². The Kier molecular flexibility index (Phi) is 4.64. The highest BCUT2D eigenvalue weighted by Crippen LogP contribution is 2.27. The molecule has 7 heteroatoms. The molecule has 0 bridgehead atoms. The van der Waals surface area contributed by atoms with E-state index >= 15 is 0 Å². The van der Waals surface area contributed by atoms with Crippen molar-refractivity contribution < 1.29 is 9.18 Å². The number of aromatic nitrogens is 2. The molecule has 0 radical (unpaired) electrons. The molecule has 4 nitrogen and oxygen atoms in total.